The average molecular weight is 232 g/mol. The van der Waals surface area contributed by atoms with Crippen LogP contribution in [0, 0.1) is 0 Å². The van der Waals surface area contributed by atoms with Crippen molar-refractivity contribution in [1.29, 1.82) is 0 Å². The van der Waals surface area contributed by atoms with Crippen LogP contribution < -0.4 is 0 Å². The fraction of sp³-hybridized carbons (Fsp3) is 0.222. The van der Waals surface area contributed by atoms with Gasteiger partial charge in [-0.15, -0.1) is 0 Å². The molecule has 0 bridgehead atoms. The van der Waals surface area contributed by atoms with Gasteiger partial charge in [-0.1, -0.05) is 30.3 Å². The Morgan fingerprint density at radius 3 is 2.00 bits per heavy atom. The van der Waals surface area contributed by atoms with Crippen LogP contribution in [0.4, 0.5) is 0 Å². The van der Waals surface area contributed by atoms with Crippen molar-refractivity contribution < 1.29 is 22.9 Å². The van der Waals surface area contributed by atoms with Gasteiger partial charge in [-0.05, 0) is 5.56 Å². The van der Waals surface area contributed by atoms with Crippen molar-refractivity contribution in [3.63, 3.8) is 0 Å². The lowest BCUT2D eigenvalue weighted by Crippen LogP contribution is -1.98. The van der Waals surface area contributed by atoms with Crippen LogP contribution in [0.2, 0.25) is 0 Å². The number of carboxylic acid groups (broad SMARTS) is 1. The molecule has 15 heavy (non-hydrogen) atoms. The molecule has 1 aromatic rings. The van der Waals surface area contributed by atoms with Gasteiger partial charge >= 0.3 is 5.97 Å². The fourth-order valence-corrected chi connectivity index (χ4v) is 0.770. The molecule has 0 aliphatic rings. The third-order valence-corrected chi connectivity index (χ3v) is 1.20. The van der Waals surface area contributed by atoms with Gasteiger partial charge in [-0.25, -0.2) is 0 Å². The van der Waals surface area contributed by atoms with E-state index in [9.17, 15) is 13.2 Å². The van der Waals surface area contributed by atoms with Crippen molar-refractivity contribution in [3.8, 4) is 0 Å². The van der Waals surface area contributed by atoms with E-state index in [1.807, 2.05) is 18.2 Å². The van der Waals surface area contributed by atoms with Gasteiger partial charge in [0.05, 0.1) is 12.7 Å². The maximum Gasteiger partial charge on any atom is 0.307 e. The fourth-order valence-electron chi connectivity index (χ4n) is 0.770. The minimum Gasteiger partial charge on any atom is -0.481 e. The highest BCUT2D eigenvalue weighted by atomic mass is 32.2. The summed E-state index contributed by atoms with van der Waals surface area (Å²) in [5, 5.41) is 8.37. The van der Waals surface area contributed by atoms with Gasteiger partial charge in [0.15, 0.2) is 0 Å². The number of hydrogen-bond acceptors (Lipinski definition) is 3. The third kappa shape index (κ3) is 12.6. The van der Waals surface area contributed by atoms with Gasteiger partial charge in [-0.3, -0.25) is 9.35 Å². The Morgan fingerprint density at radius 1 is 1.27 bits per heavy atom. The molecule has 1 rings (SSSR count). The Hall–Kier alpha value is -1.40. The molecule has 0 saturated carbocycles. The van der Waals surface area contributed by atoms with Gasteiger partial charge in [-0.2, -0.15) is 8.42 Å². The Balaban J connectivity index is 0.000000336. The molecule has 84 valence electrons. The van der Waals surface area contributed by atoms with E-state index < -0.39 is 16.1 Å². The van der Waals surface area contributed by atoms with Crippen LogP contribution in [-0.4, -0.2) is 30.3 Å². The standard InChI is InChI=1S/C8H8O2.CH4O3S/c9-8(10)6-7-4-2-1-3-5-7;1-5(2,3)4/h1-5H,6H2,(H,9,10);1H3,(H,2,3,4). The summed E-state index contributed by atoms with van der Waals surface area (Å²) < 4.78 is 25.9. The lowest BCUT2D eigenvalue weighted by atomic mass is 10.2. The van der Waals surface area contributed by atoms with E-state index >= 15 is 0 Å². The third-order valence-electron chi connectivity index (χ3n) is 1.20. The first-order chi connectivity index (χ1) is 6.79. The van der Waals surface area contributed by atoms with Crippen LogP contribution in [0.15, 0.2) is 30.3 Å². The summed E-state index contributed by atoms with van der Waals surface area (Å²) in [4.78, 5) is 10.2. The van der Waals surface area contributed by atoms with Crippen molar-refractivity contribution in [3.05, 3.63) is 35.9 Å². The summed E-state index contributed by atoms with van der Waals surface area (Å²) in [5.74, 6) is -0.786. The van der Waals surface area contributed by atoms with Crippen LogP contribution >= 0.6 is 0 Å². The molecule has 0 unspecified atom stereocenters. The molecule has 0 atom stereocenters. The Bertz CT molecular complexity index is 388. The van der Waals surface area contributed by atoms with Crippen molar-refractivity contribution in [2.24, 2.45) is 0 Å². The summed E-state index contributed by atoms with van der Waals surface area (Å²) in [7, 11) is -3.67. The van der Waals surface area contributed by atoms with Gasteiger partial charge in [0, 0.05) is 0 Å². The van der Waals surface area contributed by atoms with E-state index in [4.69, 9.17) is 9.66 Å². The maximum absolute atomic E-state index is 10.2. The Labute approximate surface area is 88.1 Å². The second-order valence-corrected chi connectivity index (χ2v) is 4.26. The Morgan fingerprint density at radius 2 is 1.67 bits per heavy atom. The van der Waals surface area contributed by atoms with Crippen LogP contribution in [0.5, 0.6) is 0 Å². The van der Waals surface area contributed by atoms with Gasteiger partial charge < -0.3 is 5.11 Å². The zero-order valence-corrected chi connectivity index (χ0v) is 8.94. The topological polar surface area (TPSA) is 91.7 Å². The monoisotopic (exact) mass is 232 g/mol. The summed E-state index contributed by atoms with van der Waals surface area (Å²) >= 11 is 0. The number of rotatable bonds is 2. The first-order valence-corrected chi connectivity index (χ1v) is 5.82. The van der Waals surface area contributed by atoms with E-state index in [1.165, 1.54) is 0 Å². The summed E-state index contributed by atoms with van der Waals surface area (Å²) in [5.41, 5.74) is 0.843. The molecule has 0 fully saturated rings. The quantitative estimate of drug-likeness (QED) is 0.736. The largest absolute Gasteiger partial charge is 0.481 e. The zero-order valence-electron chi connectivity index (χ0n) is 8.12. The normalized spacial score (nSPS) is 10.0. The number of benzene rings is 1. The summed E-state index contributed by atoms with van der Waals surface area (Å²) in [6.07, 6.45) is 0.827. The zero-order chi connectivity index (χ0) is 11.9. The molecule has 0 saturated heterocycles. The average Bonchev–Trinajstić information content (AvgIpc) is 2.01. The maximum atomic E-state index is 10.2. The van der Waals surface area contributed by atoms with Crippen LogP contribution in [0.3, 0.4) is 0 Å². The molecule has 0 aromatic heterocycles. The van der Waals surface area contributed by atoms with Crippen molar-refractivity contribution in [1.82, 2.24) is 0 Å². The van der Waals surface area contributed by atoms with Crippen LogP contribution in [-0.2, 0) is 21.3 Å². The van der Waals surface area contributed by atoms with E-state index in [-0.39, 0.29) is 6.42 Å². The lowest BCUT2D eigenvalue weighted by Gasteiger charge is -1.92. The SMILES string of the molecule is CS(=O)(=O)O.O=C(O)Cc1ccccc1. The molecule has 6 heteroatoms. The molecule has 5 nitrogen and oxygen atoms in total. The number of carbonyl (C=O) groups is 1. The number of hydrogen-bond donors (Lipinski definition) is 2. The predicted octanol–water partition coefficient (Wildman–Crippen LogP) is 0.818. The van der Waals surface area contributed by atoms with E-state index in [2.05, 4.69) is 0 Å². The molecular weight excluding hydrogens is 220 g/mol. The molecule has 0 radical (unpaired) electrons. The molecule has 1 aromatic carbocycles. The highest BCUT2D eigenvalue weighted by Crippen LogP contribution is 1.98. The summed E-state index contributed by atoms with van der Waals surface area (Å²) in [6.45, 7) is 0. The van der Waals surface area contributed by atoms with Gasteiger partial charge in [0.1, 0.15) is 0 Å². The molecule has 2 N–H and O–H groups in total. The smallest absolute Gasteiger partial charge is 0.307 e. The van der Waals surface area contributed by atoms with E-state index in [0.717, 1.165) is 5.56 Å². The highest BCUT2D eigenvalue weighted by Gasteiger charge is 1.96. The van der Waals surface area contributed by atoms with Crippen LogP contribution in [0.1, 0.15) is 5.56 Å². The van der Waals surface area contributed by atoms with Crippen LogP contribution in [0.25, 0.3) is 0 Å². The molecule has 0 spiro atoms. The van der Waals surface area contributed by atoms with Crippen molar-refractivity contribution in [2.75, 3.05) is 6.26 Å². The molecule has 0 aliphatic carbocycles. The van der Waals surface area contributed by atoms with E-state index in [0.29, 0.717) is 6.26 Å². The second kappa shape index (κ2) is 6.15. The minimum absolute atomic E-state index is 0.112. The van der Waals surface area contributed by atoms with E-state index in [1.54, 1.807) is 12.1 Å². The lowest BCUT2D eigenvalue weighted by molar-refractivity contribution is -0.136. The molecule has 0 heterocycles. The highest BCUT2D eigenvalue weighted by molar-refractivity contribution is 7.85. The molecule has 0 amide bonds. The first kappa shape index (κ1) is 13.6. The van der Waals surface area contributed by atoms with Gasteiger partial charge in [0.25, 0.3) is 10.1 Å². The molecule has 0 aliphatic heterocycles. The first-order valence-electron chi connectivity index (χ1n) is 3.97. The minimum atomic E-state index is -3.67. The Kier molecular flexibility index (Phi) is 5.58. The molecular formula is C9H12O5S. The predicted molar refractivity (Wildman–Crippen MR) is 55.3 cm³/mol. The number of aliphatic carboxylic acids is 1. The van der Waals surface area contributed by atoms with Crippen molar-refractivity contribution >= 4 is 16.1 Å². The number of carboxylic acids is 1. The van der Waals surface area contributed by atoms with Crippen molar-refractivity contribution in [2.45, 2.75) is 6.42 Å². The second-order valence-electron chi connectivity index (χ2n) is 2.79. The van der Waals surface area contributed by atoms with Gasteiger partial charge in [0.2, 0.25) is 0 Å². The summed E-state index contributed by atoms with van der Waals surface area (Å²) in [6, 6.07) is 9.13.